The highest BCUT2D eigenvalue weighted by molar-refractivity contribution is 9.09. The third-order valence-electron chi connectivity index (χ3n) is 5.76. The van der Waals surface area contributed by atoms with Crippen molar-refractivity contribution in [3.05, 3.63) is 29.8 Å². The molecule has 168 valence electrons. The van der Waals surface area contributed by atoms with E-state index >= 15 is 0 Å². The van der Waals surface area contributed by atoms with Gasteiger partial charge in [0.2, 0.25) is 0 Å². The quantitative estimate of drug-likeness (QED) is 0.129. The molecule has 0 aliphatic rings. The van der Waals surface area contributed by atoms with E-state index in [-0.39, 0.29) is 0 Å². The molecule has 0 aromatic heterocycles. The molecule has 0 saturated heterocycles. The molecule has 0 fully saturated rings. The number of ether oxygens (including phenoxy) is 1. The summed E-state index contributed by atoms with van der Waals surface area (Å²) in [4.78, 5) is 0. The summed E-state index contributed by atoms with van der Waals surface area (Å²) < 4.78 is 5.93. The van der Waals surface area contributed by atoms with Gasteiger partial charge in [0.05, 0.1) is 6.61 Å². The van der Waals surface area contributed by atoms with Crippen LogP contribution in [0.5, 0.6) is 5.75 Å². The van der Waals surface area contributed by atoms with Gasteiger partial charge in [-0.3, -0.25) is 0 Å². The monoisotopic (exact) mass is 466 g/mol. The molecule has 29 heavy (non-hydrogen) atoms. The molecule has 0 bridgehead atoms. The maximum Gasteiger partial charge on any atom is 0.119 e. The molecule has 0 spiro atoms. The molecular formula is C27H47BrO. The van der Waals surface area contributed by atoms with Crippen molar-refractivity contribution < 1.29 is 4.74 Å². The highest BCUT2D eigenvalue weighted by atomic mass is 79.9. The lowest BCUT2D eigenvalue weighted by atomic mass is 10.0. The Kier molecular flexibility index (Phi) is 19.0. The van der Waals surface area contributed by atoms with Crippen LogP contribution in [0.1, 0.15) is 122 Å². The maximum atomic E-state index is 5.93. The molecule has 0 unspecified atom stereocenters. The molecule has 2 heteroatoms. The van der Waals surface area contributed by atoms with Crippen LogP contribution in [0.2, 0.25) is 0 Å². The standard InChI is InChI=1S/C27H47BrO/c1-2-3-4-5-6-7-8-9-10-11-12-13-16-20-26-21-19-22-27(25-26)29-24-18-15-14-17-23-28/h19,21-22,25H,2-18,20,23-24H2,1H3. The minimum atomic E-state index is 0.852. The first-order valence-corrected chi connectivity index (χ1v) is 13.8. The Balaban J connectivity index is 1.94. The van der Waals surface area contributed by atoms with Crippen LogP contribution in [0, 0.1) is 0 Å². The Labute approximate surface area is 190 Å². The molecule has 0 amide bonds. The zero-order chi connectivity index (χ0) is 20.8. The van der Waals surface area contributed by atoms with Gasteiger partial charge in [-0.1, -0.05) is 125 Å². The molecule has 0 radical (unpaired) electrons. The summed E-state index contributed by atoms with van der Waals surface area (Å²) in [5, 5.41) is 1.12. The van der Waals surface area contributed by atoms with Gasteiger partial charge in [0.25, 0.3) is 0 Å². The summed E-state index contributed by atoms with van der Waals surface area (Å²) in [6.45, 7) is 3.14. The van der Waals surface area contributed by atoms with Crippen molar-refractivity contribution >= 4 is 15.9 Å². The molecule has 0 aliphatic heterocycles. The van der Waals surface area contributed by atoms with Crippen molar-refractivity contribution in [2.45, 2.75) is 122 Å². The van der Waals surface area contributed by atoms with Crippen LogP contribution in [0.25, 0.3) is 0 Å². The summed E-state index contributed by atoms with van der Waals surface area (Å²) in [6.07, 6.45) is 24.7. The van der Waals surface area contributed by atoms with E-state index in [0.29, 0.717) is 0 Å². The van der Waals surface area contributed by atoms with E-state index in [1.54, 1.807) is 0 Å². The molecule has 1 nitrogen and oxygen atoms in total. The van der Waals surface area contributed by atoms with Crippen molar-refractivity contribution in [2.75, 3.05) is 11.9 Å². The number of unbranched alkanes of at least 4 members (excludes halogenated alkanes) is 15. The largest absolute Gasteiger partial charge is 0.494 e. The van der Waals surface area contributed by atoms with Crippen molar-refractivity contribution in [1.82, 2.24) is 0 Å². The summed E-state index contributed by atoms with van der Waals surface area (Å²) in [5.41, 5.74) is 1.44. The van der Waals surface area contributed by atoms with E-state index in [2.05, 4.69) is 47.1 Å². The van der Waals surface area contributed by atoms with Gasteiger partial charge in [0, 0.05) is 5.33 Å². The van der Waals surface area contributed by atoms with Crippen LogP contribution < -0.4 is 4.74 Å². The number of benzene rings is 1. The Morgan fingerprint density at radius 1 is 0.655 bits per heavy atom. The fourth-order valence-corrected chi connectivity index (χ4v) is 4.27. The van der Waals surface area contributed by atoms with E-state index in [1.165, 1.54) is 115 Å². The number of halogens is 1. The third-order valence-corrected chi connectivity index (χ3v) is 6.32. The maximum absolute atomic E-state index is 5.93. The Morgan fingerprint density at radius 2 is 1.21 bits per heavy atom. The van der Waals surface area contributed by atoms with Crippen LogP contribution in [0.3, 0.4) is 0 Å². The SMILES string of the molecule is CCCCCCCCCCCCCCCc1cccc(OCCCCCCBr)c1. The fraction of sp³-hybridized carbons (Fsp3) is 0.778. The van der Waals surface area contributed by atoms with Crippen LogP contribution >= 0.6 is 15.9 Å². The van der Waals surface area contributed by atoms with E-state index in [0.717, 1.165) is 24.1 Å². The number of hydrogen-bond acceptors (Lipinski definition) is 1. The Bertz CT molecular complexity index is 460. The van der Waals surface area contributed by atoms with Crippen molar-refractivity contribution in [1.29, 1.82) is 0 Å². The van der Waals surface area contributed by atoms with Gasteiger partial charge in [-0.05, 0) is 43.4 Å². The van der Waals surface area contributed by atoms with E-state index in [1.807, 2.05) is 0 Å². The van der Waals surface area contributed by atoms with Crippen molar-refractivity contribution in [3.8, 4) is 5.75 Å². The van der Waals surface area contributed by atoms with Gasteiger partial charge < -0.3 is 4.74 Å². The van der Waals surface area contributed by atoms with Crippen molar-refractivity contribution in [3.63, 3.8) is 0 Å². The molecular weight excluding hydrogens is 420 g/mol. The lowest BCUT2D eigenvalue weighted by Crippen LogP contribution is -1.98. The van der Waals surface area contributed by atoms with Gasteiger partial charge in [0.15, 0.2) is 0 Å². The molecule has 0 atom stereocenters. The number of rotatable bonds is 21. The average molecular weight is 468 g/mol. The molecule has 0 saturated carbocycles. The summed E-state index contributed by atoms with van der Waals surface area (Å²) in [6, 6.07) is 8.76. The van der Waals surface area contributed by atoms with Crippen LogP contribution in [-0.4, -0.2) is 11.9 Å². The second-order valence-corrected chi connectivity index (χ2v) is 9.38. The minimum Gasteiger partial charge on any atom is -0.494 e. The Morgan fingerprint density at radius 3 is 1.83 bits per heavy atom. The lowest BCUT2D eigenvalue weighted by Gasteiger charge is -2.08. The van der Waals surface area contributed by atoms with Crippen LogP contribution in [0.15, 0.2) is 24.3 Å². The smallest absolute Gasteiger partial charge is 0.119 e. The molecule has 0 aliphatic carbocycles. The second kappa shape index (κ2) is 20.8. The summed E-state index contributed by atoms with van der Waals surface area (Å²) in [5.74, 6) is 1.05. The normalized spacial score (nSPS) is 11.1. The Hall–Kier alpha value is -0.500. The zero-order valence-electron chi connectivity index (χ0n) is 19.2. The van der Waals surface area contributed by atoms with Gasteiger partial charge in [-0.25, -0.2) is 0 Å². The molecule has 1 aromatic rings. The van der Waals surface area contributed by atoms with E-state index in [4.69, 9.17) is 4.74 Å². The first-order chi connectivity index (χ1) is 14.4. The number of alkyl halides is 1. The predicted octanol–water partition coefficient (Wildman–Crippen LogP) is 9.65. The number of aryl methyl sites for hydroxylation is 1. The van der Waals surface area contributed by atoms with E-state index in [9.17, 15) is 0 Å². The topological polar surface area (TPSA) is 9.23 Å². The summed E-state index contributed by atoms with van der Waals surface area (Å²) >= 11 is 3.49. The van der Waals surface area contributed by atoms with Gasteiger partial charge in [0.1, 0.15) is 5.75 Å². The third kappa shape index (κ3) is 16.9. The first kappa shape index (κ1) is 26.5. The van der Waals surface area contributed by atoms with Crippen LogP contribution in [-0.2, 0) is 6.42 Å². The molecule has 1 rings (SSSR count). The average Bonchev–Trinajstić information content (AvgIpc) is 2.74. The highest BCUT2D eigenvalue weighted by Gasteiger charge is 1.99. The molecule has 1 aromatic carbocycles. The number of hydrogen-bond donors (Lipinski definition) is 0. The van der Waals surface area contributed by atoms with E-state index < -0.39 is 0 Å². The molecule has 0 heterocycles. The minimum absolute atomic E-state index is 0.852. The van der Waals surface area contributed by atoms with Crippen LogP contribution in [0.4, 0.5) is 0 Å². The first-order valence-electron chi connectivity index (χ1n) is 12.6. The van der Waals surface area contributed by atoms with Gasteiger partial charge in [-0.15, -0.1) is 0 Å². The second-order valence-electron chi connectivity index (χ2n) is 8.59. The fourth-order valence-electron chi connectivity index (χ4n) is 3.88. The zero-order valence-corrected chi connectivity index (χ0v) is 20.8. The highest BCUT2D eigenvalue weighted by Crippen LogP contribution is 2.17. The van der Waals surface area contributed by atoms with Gasteiger partial charge >= 0.3 is 0 Å². The molecule has 0 N–H and O–H groups in total. The predicted molar refractivity (Wildman–Crippen MR) is 134 cm³/mol. The summed E-state index contributed by atoms with van der Waals surface area (Å²) in [7, 11) is 0. The lowest BCUT2D eigenvalue weighted by molar-refractivity contribution is 0.305. The van der Waals surface area contributed by atoms with Crippen molar-refractivity contribution in [2.24, 2.45) is 0 Å². The van der Waals surface area contributed by atoms with Gasteiger partial charge in [-0.2, -0.15) is 0 Å².